The predicted octanol–water partition coefficient (Wildman–Crippen LogP) is 0.0570. The van der Waals surface area contributed by atoms with E-state index in [0.717, 1.165) is 30.8 Å². The maximum Gasteiger partial charge on any atom is 0.248 e. The normalized spacial score (nSPS) is 20.0. The highest BCUT2D eigenvalue weighted by Gasteiger charge is 2.23. The van der Waals surface area contributed by atoms with Gasteiger partial charge in [0.2, 0.25) is 11.8 Å². The highest BCUT2D eigenvalue weighted by Crippen LogP contribution is 2.15. The number of hydrogen-bond acceptors (Lipinski definition) is 5. The highest BCUT2D eigenvalue weighted by molar-refractivity contribution is 5.77. The van der Waals surface area contributed by atoms with Gasteiger partial charge in [-0.25, -0.2) is 0 Å². The summed E-state index contributed by atoms with van der Waals surface area (Å²) in [6.07, 6.45) is 2.21. The summed E-state index contributed by atoms with van der Waals surface area (Å²) in [5.41, 5.74) is 1.79. The van der Waals surface area contributed by atoms with Gasteiger partial charge in [0.15, 0.2) is 0 Å². The lowest BCUT2D eigenvalue weighted by atomic mass is 10.2. The number of aromatic nitrogens is 2. The minimum atomic E-state index is -0.0823. The number of carbonyl (C=O) groups excluding carboxylic acids is 2. The van der Waals surface area contributed by atoms with E-state index in [0.29, 0.717) is 32.8 Å². The van der Waals surface area contributed by atoms with Crippen LogP contribution in [0.2, 0.25) is 0 Å². The second kappa shape index (κ2) is 7.76. The minimum absolute atomic E-state index is 0.0103. The zero-order chi connectivity index (χ0) is 16.9. The van der Waals surface area contributed by atoms with Crippen molar-refractivity contribution < 1.29 is 19.1 Å². The summed E-state index contributed by atoms with van der Waals surface area (Å²) in [5.74, 6) is -0.0926. The van der Waals surface area contributed by atoms with Crippen molar-refractivity contribution in [3.8, 4) is 0 Å². The summed E-state index contributed by atoms with van der Waals surface area (Å²) in [4.78, 5) is 25.0. The predicted molar refractivity (Wildman–Crippen MR) is 85.0 cm³/mol. The molecule has 8 nitrogen and oxygen atoms in total. The van der Waals surface area contributed by atoms with Crippen molar-refractivity contribution in [1.82, 2.24) is 20.0 Å². The first-order chi connectivity index (χ1) is 11.6. The van der Waals surface area contributed by atoms with E-state index in [9.17, 15) is 9.59 Å². The molecule has 2 aliphatic heterocycles. The van der Waals surface area contributed by atoms with Gasteiger partial charge in [0.05, 0.1) is 43.7 Å². The molecule has 0 radical (unpaired) electrons. The van der Waals surface area contributed by atoms with Crippen LogP contribution in [0.25, 0.3) is 0 Å². The Morgan fingerprint density at radius 2 is 2.33 bits per heavy atom. The van der Waals surface area contributed by atoms with Crippen molar-refractivity contribution >= 4 is 11.8 Å². The number of carbonyl (C=O) groups is 2. The second-order valence-corrected chi connectivity index (χ2v) is 6.23. The summed E-state index contributed by atoms with van der Waals surface area (Å²) >= 11 is 0. The lowest BCUT2D eigenvalue weighted by Gasteiger charge is -2.27. The van der Waals surface area contributed by atoms with Crippen LogP contribution in [-0.4, -0.2) is 59.0 Å². The fraction of sp³-hybridized carbons (Fsp3) is 0.688. The monoisotopic (exact) mass is 336 g/mol. The molecule has 2 aliphatic rings. The minimum Gasteiger partial charge on any atom is -0.376 e. The molecule has 3 heterocycles. The summed E-state index contributed by atoms with van der Waals surface area (Å²) in [6, 6.07) is 1.93. The molecule has 1 unspecified atom stereocenters. The van der Waals surface area contributed by atoms with Crippen molar-refractivity contribution in [1.29, 1.82) is 0 Å². The van der Waals surface area contributed by atoms with Crippen LogP contribution in [0.5, 0.6) is 0 Å². The van der Waals surface area contributed by atoms with E-state index in [1.165, 1.54) is 6.92 Å². The number of nitrogens with zero attached hydrogens (tertiary/aromatic N) is 3. The number of nitrogens with one attached hydrogen (secondary N) is 1. The van der Waals surface area contributed by atoms with E-state index in [4.69, 9.17) is 9.47 Å². The highest BCUT2D eigenvalue weighted by atomic mass is 16.5. The Labute approximate surface area is 141 Å². The molecule has 1 N–H and O–H groups in total. The summed E-state index contributed by atoms with van der Waals surface area (Å²) < 4.78 is 12.9. The molecule has 0 spiro atoms. The number of ether oxygens (including phenoxy) is 2. The third-order valence-corrected chi connectivity index (χ3v) is 4.27. The molecule has 2 amide bonds. The third kappa shape index (κ3) is 4.33. The van der Waals surface area contributed by atoms with Gasteiger partial charge in [-0.1, -0.05) is 0 Å². The smallest absolute Gasteiger partial charge is 0.248 e. The van der Waals surface area contributed by atoms with Crippen LogP contribution < -0.4 is 5.32 Å². The molecule has 132 valence electrons. The lowest BCUT2D eigenvalue weighted by Crippen LogP contribution is -2.40. The Kier molecular flexibility index (Phi) is 5.47. The van der Waals surface area contributed by atoms with Crippen molar-refractivity contribution in [3.05, 3.63) is 17.5 Å². The van der Waals surface area contributed by atoms with Gasteiger partial charge in [-0.3, -0.25) is 14.3 Å². The Morgan fingerprint density at radius 3 is 3.08 bits per heavy atom. The van der Waals surface area contributed by atoms with Gasteiger partial charge in [0.1, 0.15) is 6.61 Å². The molecule has 1 saturated heterocycles. The summed E-state index contributed by atoms with van der Waals surface area (Å²) in [5, 5.41) is 7.18. The van der Waals surface area contributed by atoms with Gasteiger partial charge in [0, 0.05) is 20.1 Å². The van der Waals surface area contributed by atoms with Crippen LogP contribution in [0.3, 0.4) is 0 Å². The van der Waals surface area contributed by atoms with Crippen molar-refractivity contribution in [2.75, 3.05) is 26.4 Å². The van der Waals surface area contributed by atoms with Gasteiger partial charge in [0.25, 0.3) is 0 Å². The van der Waals surface area contributed by atoms with Gasteiger partial charge in [-0.2, -0.15) is 5.10 Å². The Morgan fingerprint density at radius 1 is 1.46 bits per heavy atom. The van der Waals surface area contributed by atoms with Crippen molar-refractivity contribution in [2.45, 2.75) is 45.5 Å². The van der Waals surface area contributed by atoms with Gasteiger partial charge in [-0.05, 0) is 18.9 Å². The van der Waals surface area contributed by atoms with E-state index in [1.54, 1.807) is 4.90 Å². The Balaban J connectivity index is 1.46. The Bertz CT molecular complexity index is 595. The van der Waals surface area contributed by atoms with Crippen molar-refractivity contribution in [3.63, 3.8) is 0 Å². The first kappa shape index (κ1) is 16.9. The van der Waals surface area contributed by atoms with E-state index >= 15 is 0 Å². The van der Waals surface area contributed by atoms with Crippen LogP contribution in [-0.2, 0) is 38.7 Å². The summed E-state index contributed by atoms with van der Waals surface area (Å²) in [6.45, 7) is 5.06. The fourth-order valence-electron chi connectivity index (χ4n) is 2.98. The standard InChI is InChI=1S/C16H24N4O4/c1-12(21)17-8-13-7-14-9-19(4-5-20(14)18-13)16(22)11-23-10-15-3-2-6-24-15/h7,15H,2-6,8-11H2,1H3,(H,17,21). The molecule has 8 heteroatoms. The fourth-order valence-corrected chi connectivity index (χ4v) is 2.98. The first-order valence-electron chi connectivity index (χ1n) is 8.39. The average molecular weight is 336 g/mol. The van der Waals surface area contributed by atoms with Crippen molar-refractivity contribution in [2.24, 2.45) is 0 Å². The Hall–Kier alpha value is -1.93. The van der Waals surface area contributed by atoms with Gasteiger partial charge >= 0.3 is 0 Å². The van der Waals surface area contributed by atoms with E-state index in [1.807, 2.05) is 10.7 Å². The van der Waals surface area contributed by atoms with Crippen LogP contribution in [0.15, 0.2) is 6.07 Å². The van der Waals surface area contributed by atoms with Crippen LogP contribution in [0.4, 0.5) is 0 Å². The molecule has 0 saturated carbocycles. The molecule has 1 fully saturated rings. The second-order valence-electron chi connectivity index (χ2n) is 6.23. The van der Waals surface area contributed by atoms with Crippen LogP contribution in [0, 0.1) is 0 Å². The molecule has 24 heavy (non-hydrogen) atoms. The molecule has 3 rings (SSSR count). The molecule has 1 aromatic heterocycles. The number of amides is 2. The zero-order valence-electron chi connectivity index (χ0n) is 14.0. The third-order valence-electron chi connectivity index (χ3n) is 4.27. The van der Waals surface area contributed by atoms with Gasteiger partial charge < -0.3 is 19.7 Å². The molecular formula is C16H24N4O4. The SMILES string of the molecule is CC(=O)NCc1cc2n(n1)CCN(C(=O)COCC1CCCO1)C2. The number of hydrogen-bond donors (Lipinski definition) is 1. The zero-order valence-corrected chi connectivity index (χ0v) is 14.0. The maximum absolute atomic E-state index is 12.3. The van der Waals surface area contributed by atoms with Crippen LogP contribution >= 0.6 is 0 Å². The van der Waals surface area contributed by atoms with Gasteiger partial charge in [-0.15, -0.1) is 0 Å². The maximum atomic E-state index is 12.3. The number of rotatable bonds is 6. The largest absolute Gasteiger partial charge is 0.376 e. The molecule has 0 bridgehead atoms. The average Bonchev–Trinajstić information content (AvgIpc) is 3.21. The van der Waals surface area contributed by atoms with E-state index in [2.05, 4.69) is 10.4 Å². The number of fused-ring (bicyclic) bond motifs is 1. The summed E-state index contributed by atoms with van der Waals surface area (Å²) in [7, 11) is 0. The van der Waals surface area contributed by atoms with E-state index < -0.39 is 0 Å². The van der Waals surface area contributed by atoms with E-state index in [-0.39, 0.29) is 24.5 Å². The van der Waals surface area contributed by atoms with Crippen LogP contribution in [0.1, 0.15) is 31.2 Å². The lowest BCUT2D eigenvalue weighted by molar-refractivity contribution is -0.138. The topological polar surface area (TPSA) is 85.7 Å². The quantitative estimate of drug-likeness (QED) is 0.794. The molecule has 1 atom stereocenters. The first-order valence-corrected chi connectivity index (χ1v) is 8.39. The molecule has 0 aliphatic carbocycles. The molecule has 1 aromatic rings. The molecule has 0 aromatic carbocycles. The molecular weight excluding hydrogens is 312 g/mol.